The van der Waals surface area contributed by atoms with Crippen molar-refractivity contribution in [1.82, 2.24) is 4.98 Å². The van der Waals surface area contributed by atoms with Crippen LogP contribution in [-0.4, -0.2) is 16.1 Å². The SMILES string of the molecule is O=C(O)c1cccc(NCc2cnc(Cl)s2)c1Nc1ccccc1Cl. The van der Waals surface area contributed by atoms with Crippen LogP contribution in [0.3, 0.4) is 0 Å². The van der Waals surface area contributed by atoms with E-state index < -0.39 is 5.97 Å². The molecule has 0 radical (unpaired) electrons. The number of hydrogen-bond acceptors (Lipinski definition) is 5. The van der Waals surface area contributed by atoms with Crippen LogP contribution in [-0.2, 0) is 6.54 Å². The number of thiazole rings is 1. The number of nitrogens with one attached hydrogen (secondary N) is 2. The lowest BCUT2D eigenvalue weighted by molar-refractivity contribution is 0.0698. The van der Waals surface area contributed by atoms with E-state index in [1.54, 1.807) is 30.5 Å². The average Bonchev–Trinajstić information content (AvgIpc) is 3.01. The number of aromatic nitrogens is 1. The number of carbonyl (C=O) groups is 1. The highest BCUT2D eigenvalue weighted by Gasteiger charge is 2.15. The van der Waals surface area contributed by atoms with Crippen LogP contribution in [0.1, 0.15) is 15.2 Å². The molecule has 0 aliphatic heterocycles. The van der Waals surface area contributed by atoms with Crippen LogP contribution in [0.5, 0.6) is 0 Å². The first-order valence-corrected chi connectivity index (χ1v) is 8.84. The van der Waals surface area contributed by atoms with E-state index in [1.165, 1.54) is 17.4 Å². The van der Waals surface area contributed by atoms with Crippen molar-refractivity contribution in [2.45, 2.75) is 6.54 Å². The number of nitrogens with zero attached hydrogens (tertiary/aromatic N) is 1. The molecule has 2 aromatic carbocycles. The minimum absolute atomic E-state index is 0.146. The number of rotatable bonds is 6. The van der Waals surface area contributed by atoms with Gasteiger partial charge in [0.2, 0.25) is 0 Å². The monoisotopic (exact) mass is 393 g/mol. The second kappa shape index (κ2) is 7.74. The molecule has 3 rings (SSSR count). The molecular weight excluding hydrogens is 381 g/mol. The first kappa shape index (κ1) is 17.5. The Balaban J connectivity index is 1.93. The van der Waals surface area contributed by atoms with Gasteiger partial charge >= 0.3 is 5.97 Å². The number of hydrogen-bond donors (Lipinski definition) is 3. The summed E-state index contributed by atoms with van der Waals surface area (Å²) in [5.41, 5.74) is 1.86. The number of aromatic carboxylic acids is 1. The van der Waals surface area contributed by atoms with E-state index in [2.05, 4.69) is 15.6 Å². The Morgan fingerprint density at radius 2 is 1.88 bits per heavy atom. The molecule has 128 valence electrons. The van der Waals surface area contributed by atoms with E-state index in [0.717, 1.165) is 4.88 Å². The van der Waals surface area contributed by atoms with E-state index in [-0.39, 0.29) is 5.56 Å². The average molecular weight is 394 g/mol. The Bertz CT molecular complexity index is 914. The van der Waals surface area contributed by atoms with Crippen molar-refractivity contribution in [3.8, 4) is 0 Å². The van der Waals surface area contributed by atoms with Crippen molar-refractivity contribution in [3.63, 3.8) is 0 Å². The first-order valence-electron chi connectivity index (χ1n) is 7.26. The molecular formula is C17H13Cl2N3O2S. The summed E-state index contributed by atoms with van der Waals surface area (Å²) in [7, 11) is 0. The number of carboxylic acid groups (broad SMARTS) is 1. The van der Waals surface area contributed by atoms with Gasteiger partial charge in [0, 0.05) is 11.1 Å². The van der Waals surface area contributed by atoms with Crippen LogP contribution < -0.4 is 10.6 Å². The molecule has 25 heavy (non-hydrogen) atoms. The fourth-order valence-electron chi connectivity index (χ4n) is 2.26. The Hall–Kier alpha value is -2.28. The zero-order valence-corrected chi connectivity index (χ0v) is 15.1. The van der Waals surface area contributed by atoms with E-state index in [1.807, 2.05) is 12.1 Å². The molecule has 1 heterocycles. The van der Waals surface area contributed by atoms with Gasteiger partial charge in [-0.1, -0.05) is 41.4 Å². The highest BCUT2D eigenvalue weighted by molar-refractivity contribution is 7.15. The summed E-state index contributed by atoms with van der Waals surface area (Å²) >= 11 is 13.4. The summed E-state index contributed by atoms with van der Waals surface area (Å²) < 4.78 is 0.463. The van der Waals surface area contributed by atoms with Gasteiger partial charge in [0.1, 0.15) is 0 Å². The lowest BCUT2D eigenvalue weighted by atomic mass is 10.1. The summed E-state index contributed by atoms with van der Waals surface area (Å²) in [4.78, 5) is 16.5. The zero-order valence-electron chi connectivity index (χ0n) is 12.8. The summed E-state index contributed by atoms with van der Waals surface area (Å²) in [5, 5.41) is 16.3. The van der Waals surface area contributed by atoms with E-state index >= 15 is 0 Å². The predicted molar refractivity (Wildman–Crippen MR) is 103 cm³/mol. The van der Waals surface area contributed by atoms with Crippen molar-refractivity contribution >= 4 is 57.6 Å². The van der Waals surface area contributed by atoms with Crippen LogP contribution in [0, 0.1) is 0 Å². The van der Waals surface area contributed by atoms with Crippen molar-refractivity contribution in [2.75, 3.05) is 10.6 Å². The van der Waals surface area contributed by atoms with Crippen molar-refractivity contribution in [1.29, 1.82) is 0 Å². The van der Waals surface area contributed by atoms with Crippen LogP contribution in [0.2, 0.25) is 9.49 Å². The summed E-state index contributed by atoms with van der Waals surface area (Å²) in [5.74, 6) is -1.03. The molecule has 0 saturated heterocycles. The van der Waals surface area contributed by atoms with E-state index in [0.29, 0.717) is 33.1 Å². The normalized spacial score (nSPS) is 10.5. The minimum Gasteiger partial charge on any atom is -0.478 e. The summed E-state index contributed by atoms with van der Waals surface area (Å²) in [6.07, 6.45) is 1.68. The van der Waals surface area contributed by atoms with Crippen molar-refractivity contribution in [3.05, 3.63) is 68.6 Å². The highest BCUT2D eigenvalue weighted by Crippen LogP contribution is 2.33. The first-order chi connectivity index (χ1) is 12.0. The number of anilines is 3. The second-order valence-electron chi connectivity index (χ2n) is 5.07. The molecule has 0 aliphatic rings. The molecule has 0 fully saturated rings. The molecule has 1 aromatic heterocycles. The third-order valence-electron chi connectivity index (χ3n) is 3.41. The maximum absolute atomic E-state index is 11.6. The predicted octanol–water partition coefficient (Wildman–Crippen LogP) is 5.50. The Kier molecular flexibility index (Phi) is 5.43. The highest BCUT2D eigenvalue weighted by atomic mass is 35.5. The molecule has 3 N–H and O–H groups in total. The lowest BCUT2D eigenvalue weighted by Crippen LogP contribution is -2.08. The van der Waals surface area contributed by atoms with Gasteiger partial charge in [-0.2, -0.15) is 0 Å². The van der Waals surface area contributed by atoms with Gasteiger partial charge in [0.05, 0.1) is 34.2 Å². The Morgan fingerprint density at radius 3 is 2.56 bits per heavy atom. The van der Waals surface area contributed by atoms with Gasteiger partial charge in [0.15, 0.2) is 4.47 Å². The van der Waals surface area contributed by atoms with Gasteiger partial charge in [-0.15, -0.1) is 11.3 Å². The standard InChI is InChI=1S/C17H13Cl2N3O2S/c18-12-5-1-2-6-13(12)22-15-11(16(23)24)4-3-7-14(15)20-8-10-9-21-17(19)25-10/h1-7,9,20,22H,8H2,(H,23,24). The molecule has 0 atom stereocenters. The molecule has 0 unspecified atom stereocenters. The maximum Gasteiger partial charge on any atom is 0.337 e. The lowest BCUT2D eigenvalue weighted by Gasteiger charge is -2.16. The molecule has 0 saturated carbocycles. The molecule has 0 spiro atoms. The smallest absolute Gasteiger partial charge is 0.337 e. The number of halogens is 2. The molecule has 0 bridgehead atoms. The quantitative estimate of drug-likeness (QED) is 0.515. The molecule has 5 nitrogen and oxygen atoms in total. The van der Waals surface area contributed by atoms with Crippen LogP contribution in [0.25, 0.3) is 0 Å². The largest absolute Gasteiger partial charge is 0.478 e. The zero-order chi connectivity index (χ0) is 17.8. The van der Waals surface area contributed by atoms with Crippen molar-refractivity contribution < 1.29 is 9.90 Å². The second-order valence-corrected chi connectivity index (χ2v) is 7.18. The van der Waals surface area contributed by atoms with E-state index in [9.17, 15) is 9.90 Å². The van der Waals surface area contributed by atoms with Gasteiger partial charge in [-0.25, -0.2) is 9.78 Å². The minimum atomic E-state index is -1.03. The number of para-hydroxylation sites is 2. The summed E-state index contributed by atoms with van der Waals surface area (Å²) in [6, 6.07) is 12.2. The fraction of sp³-hybridized carbons (Fsp3) is 0.0588. The van der Waals surface area contributed by atoms with Crippen LogP contribution in [0.4, 0.5) is 17.1 Å². The maximum atomic E-state index is 11.6. The van der Waals surface area contributed by atoms with Crippen LogP contribution in [0.15, 0.2) is 48.7 Å². The Labute approximate surface area is 158 Å². The van der Waals surface area contributed by atoms with Gasteiger partial charge in [-0.3, -0.25) is 0 Å². The summed E-state index contributed by atoms with van der Waals surface area (Å²) in [6.45, 7) is 0.477. The number of carboxylic acids is 1. The third kappa shape index (κ3) is 4.22. The number of benzene rings is 2. The Morgan fingerprint density at radius 1 is 1.12 bits per heavy atom. The third-order valence-corrected chi connectivity index (χ3v) is 4.85. The topological polar surface area (TPSA) is 74.2 Å². The van der Waals surface area contributed by atoms with Gasteiger partial charge in [0.25, 0.3) is 0 Å². The van der Waals surface area contributed by atoms with Gasteiger partial charge in [-0.05, 0) is 24.3 Å². The molecule has 0 amide bonds. The fourth-order valence-corrected chi connectivity index (χ4v) is 3.36. The molecule has 8 heteroatoms. The van der Waals surface area contributed by atoms with Gasteiger partial charge < -0.3 is 15.7 Å². The molecule has 3 aromatic rings. The van der Waals surface area contributed by atoms with Crippen LogP contribution >= 0.6 is 34.5 Å². The van der Waals surface area contributed by atoms with E-state index in [4.69, 9.17) is 23.2 Å². The van der Waals surface area contributed by atoms with Crippen molar-refractivity contribution in [2.24, 2.45) is 0 Å². The molecule has 0 aliphatic carbocycles.